The van der Waals surface area contributed by atoms with Crippen molar-refractivity contribution < 1.29 is 14.8 Å². The molecule has 0 spiro atoms. The van der Waals surface area contributed by atoms with Gasteiger partial charge in [0.15, 0.2) is 0 Å². The Hall–Kier alpha value is -0.995. The first-order valence-corrected chi connectivity index (χ1v) is 5.68. The lowest BCUT2D eigenvalue weighted by Gasteiger charge is -2.15. The first-order chi connectivity index (χ1) is 7.54. The Morgan fingerprint density at radius 1 is 1.38 bits per heavy atom. The topological polar surface area (TPSA) is 49.7 Å². The summed E-state index contributed by atoms with van der Waals surface area (Å²) in [6, 6.07) is 5.29. The van der Waals surface area contributed by atoms with Gasteiger partial charge in [0.1, 0.15) is 5.75 Å². The molecule has 0 radical (unpaired) electrons. The summed E-state index contributed by atoms with van der Waals surface area (Å²) < 4.78 is 5.71. The van der Waals surface area contributed by atoms with Crippen molar-refractivity contribution in [3.63, 3.8) is 0 Å². The third-order valence-electron chi connectivity index (χ3n) is 2.55. The van der Waals surface area contributed by atoms with Gasteiger partial charge in [-0.25, -0.2) is 0 Å². The molecule has 0 heterocycles. The zero-order valence-corrected chi connectivity index (χ0v) is 10.1. The third kappa shape index (κ3) is 3.54. The SMILES string of the molecule is CCCC(C)Oc1ccc(B(O)O)c(C)c1. The number of ether oxygens (including phenoxy) is 1. The Labute approximate surface area is 97.2 Å². The Morgan fingerprint density at radius 3 is 2.56 bits per heavy atom. The molecule has 0 aliphatic heterocycles. The summed E-state index contributed by atoms with van der Waals surface area (Å²) in [6.07, 6.45) is 2.30. The maximum Gasteiger partial charge on any atom is 0.488 e. The summed E-state index contributed by atoms with van der Waals surface area (Å²) in [5.41, 5.74) is 1.35. The highest BCUT2D eigenvalue weighted by Crippen LogP contribution is 2.15. The highest BCUT2D eigenvalue weighted by Gasteiger charge is 2.14. The van der Waals surface area contributed by atoms with Gasteiger partial charge in [-0.2, -0.15) is 0 Å². The van der Waals surface area contributed by atoms with Gasteiger partial charge in [-0.05, 0) is 43.4 Å². The number of hydrogen-bond donors (Lipinski definition) is 2. The van der Waals surface area contributed by atoms with E-state index in [0.29, 0.717) is 5.46 Å². The molecule has 1 aromatic rings. The second-order valence-electron chi connectivity index (χ2n) is 4.11. The smallest absolute Gasteiger partial charge is 0.488 e. The summed E-state index contributed by atoms with van der Waals surface area (Å²) in [6.45, 7) is 6.00. The highest BCUT2D eigenvalue weighted by molar-refractivity contribution is 6.59. The Bertz CT molecular complexity index is 339. The van der Waals surface area contributed by atoms with E-state index in [0.717, 1.165) is 24.2 Å². The van der Waals surface area contributed by atoms with Crippen molar-refractivity contribution in [2.45, 2.75) is 39.7 Å². The fourth-order valence-corrected chi connectivity index (χ4v) is 1.71. The number of hydrogen-bond acceptors (Lipinski definition) is 3. The first kappa shape index (κ1) is 13.1. The van der Waals surface area contributed by atoms with E-state index in [1.807, 2.05) is 19.9 Å². The molecule has 0 aromatic heterocycles. The zero-order chi connectivity index (χ0) is 12.1. The number of aryl methyl sites for hydroxylation is 1. The minimum Gasteiger partial charge on any atom is -0.491 e. The van der Waals surface area contributed by atoms with Crippen LogP contribution < -0.4 is 10.2 Å². The molecule has 88 valence electrons. The molecule has 0 amide bonds. The summed E-state index contributed by atoms with van der Waals surface area (Å²) in [4.78, 5) is 0. The van der Waals surface area contributed by atoms with Crippen molar-refractivity contribution >= 4 is 12.6 Å². The second kappa shape index (κ2) is 5.92. The predicted molar refractivity (Wildman–Crippen MR) is 66.0 cm³/mol. The molecule has 3 nitrogen and oxygen atoms in total. The van der Waals surface area contributed by atoms with Crippen LogP contribution in [0, 0.1) is 6.92 Å². The fraction of sp³-hybridized carbons (Fsp3) is 0.500. The summed E-state index contributed by atoms with van der Waals surface area (Å²) in [5.74, 6) is 0.780. The van der Waals surface area contributed by atoms with Crippen LogP contribution in [0.5, 0.6) is 5.75 Å². The molecule has 4 heteroatoms. The van der Waals surface area contributed by atoms with Gasteiger partial charge in [-0.3, -0.25) is 0 Å². The molecule has 0 aliphatic carbocycles. The van der Waals surface area contributed by atoms with Crippen LogP contribution in [-0.2, 0) is 0 Å². The first-order valence-electron chi connectivity index (χ1n) is 5.68. The molecular formula is C12H19BO3. The van der Waals surface area contributed by atoms with E-state index >= 15 is 0 Å². The number of benzene rings is 1. The average molecular weight is 222 g/mol. The van der Waals surface area contributed by atoms with Gasteiger partial charge in [0.25, 0.3) is 0 Å². The van der Waals surface area contributed by atoms with Gasteiger partial charge in [0.2, 0.25) is 0 Å². The van der Waals surface area contributed by atoms with Gasteiger partial charge in [-0.1, -0.05) is 19.4 Å². The normalized spacial score (nSPS) is 12.3. The zero-order valence-electron chi connectivity index (χ0n) is 10.1. The van der Waals surface area contributed by atoms with E-state index in [4.69, 9.17) is 14.8 Å². The molecule has 0 fully saturated rings. The largest absolute Gasteiger partial charge is 0.491 e. The van der Waals surface area contributed by atoms with Gasteiger partial charge < -0.3 is 14.8 Å². The Kier molecular flexibility index (Phi) is 4.84. The van der Waals surface area contributed by atoms with E-state index in [-0.39, 0.29) is 6.10 Å². The Morgan fingerprint density at radius 2 is 2.06 bits per heavy atom. The van der Waals surface area contributed by atoms with E-state index in [9.17, 15) is 0 Å². The molecule has 1 atom stereocenters. The lowest BCUT2D eigenvalue weighted by atomic mass is 9.77. The maximum absolute atomic E-state index is 9.08. The van der Waals surface area contributed by atoms with Crippen molar-refractivity contribution in [3.05, 3.63) is 23.8 Å². The van der Waals surface area contributed by atoms with Crippen molar-refractivity contribution in [3.8, 4) is 5.75 Å². The van der Waals surface area contributed by atoms with Crippen molar-refractivity contribution in [1.29, 1.82) is 0 Å². The molecule has 0 saturated carbocycles. The van der Waals surface area contributed by atoms with E-state index in [1.165, 1.54) is 0 Å². The third-order valence-corrected chi connectivity index (χ3v) is 2.55. The molecular weight excluding hydrogens is 203 g/mol. The van der Waals surface area contributed by atoms with E-state index in [1.54, 1.807) is 12.1 Å². The molecule has 1 rings (SSSR count). The molecule has 1 aromatic carbocycles. The van der Waals surface area contributed by atoms with Crippen LogP contribution in [0.4, 0.5) is 0 Å². The summed E-state index contributed by atoms with van der Waals surface area (Å²) >= 11 is 0. The maximum atomic E-state index is 9.08. The van der Waals surface area contributed by atoms with Crippen LogP contribution in [0.25, 0.3) is 0 Å². The van der Waals surface area contributed by atoms with Crippen molar-refractivity contribution in [2.24, 2.45) is 0 Å². The van der Waals surface area contributed by atoms with Crippen LogP contribution in [0.3, 0.4) is 0 Å². The highest BCUT2D eigenvalue weighted by atomic mass is 16.5. The predicted octanol–water partition coefficient (Wildman–Crippen LogP) is 1.24. The lowest BCUT2D eigenvalue weighted by Crippen LogP contribution is -2.32. The van der Waals surface area contributed by atoms with Gasteiger partial charge >= 0.3 is 7.12 Å². The van der Waals surface area contributed by atoms with Crippen LogP contribution in [-0.4, -0.2) is 23.3 Å². The van der Waals surface area contributed by atoms with Gasteiger partial charge in [0, 0.05) is 0 Å². The Balaban J connectivity index is 2.73. The van der Waals surface area contributed by atoms with Crippen LogP contribution in [0.1, 0.15) is 32.3 Å². The van der Waals surface area contributed by atoms with Crippen LogP contribution >= 0.6 is 0 Å². The second-order valence-corrected chi connectivity index (χ2v) is 4.11. The van der Waals surface area contributed by atoms with Crippen LogP contribution in [0.2, 0.25) is 0 Å². The molecule has 16 heavy (non-hydrogen) atoms. The van der Waals surface area contributed by atoms with Crippen LogP contribution in [0.15, 0.2) is 18.2 Å². The average Bonchev–Trinajstić information content (AvgIpc) is 2.17. The van der Waals surface area contributed by atoms with Gasteiger partial charge in [0.05, 0.1) is 6.10 Å². The number of rotatable bonds is 5. The minimum absolute atomic E-state index is 0.189. The monoisotopic (exact) mass is 222 g/mol. The molecule has 2 N–H and O–H groups in total. The van der Waals surface area contributed by atoms with Crippen molar-refractivity contribution in [1.82, 2.24) is 0 Å². The molecule has 1 unspecified atom stereocenters. The quantitative estimate of drug-likeness (QED) is 0.737. The van der Waals surface area contributed by atoms with Crippen molar-refractivity contribution in [2.75, 3.05) is 0 Å². The van der Waals surface area contributed by atoms with E-state index in [2.05, 4.69) is 6.92 Å². The lowest BCUT2D eigenvalue weighted by molar-refractivity contribution is 0.210. The summed E-state index contributed by atoms with van der Waals surface area (Å²) in [7, 11) is -1.41. The molecule has 0 bridgehead atoms. The van der Waals surface area contributed by atoms with Gasteiger partial charge in [-0.15, -0.1) is 0 Å². The molecule has 0 saturated heterocycles. The summed E-state index contributed by atoms with van der Waals surface area (Å²) in [5, 5.41) is 18.2. The van der Waals surface area contributed by atoms with E-state index < -0.39 is 7.12 Å². The molecule has 0 aliphatic rings. The standard InChI is InChI=1S/C12H19BO3/c1-4-5-10(3)16-11-6-7-12(13(14)15)9(2)8-11/h6-8,10,14-15H,4-5H2,1-3H3. The minimum atomic E-state index is -1.41. The fourth-order valence-electron chi connectivity index (χ4n) is 1.71.